The summed E-state index contributed by atoms with van der Waals surface area (Å²) in [6, 6.07) is 6.24. The molecular weight excluding hydrogens is 386 g/mol. The molecule has 3 aromatic rings. The van der Waals surface area contributed by atoms with E-state index in [1.807, 2.05) is 5.48 Å². The fourth-order valence-corrected chi connectivity index (χ4v) is 3.93. The van der Waals surface area contributed by atoms with Crippen LogP contribution in [0.1, 0.15) is 33.1 Å². The molecule has 146 valence electrons. The lowest BCUT2D eigenvalue weighted by Gasteiger charge is -2.20. The fourth-order valence-electron chi connectivity index (χ4n) is 2.94. The van der Waals surface area contributed by atoms with Crippen molar-refractivity contribution in [1.29, 1.82) is 0 Å². The lowest BCUT2D eigenvalue weighted by atomic mass is 9.94. The fraction of sp³-hybridized carbons (Fsp3) is 0.278. The van der Waals surface area contributed by atoms with E-state index >= 15 is 0 Å². The van der Waals surface area contributed by atoms with Crippen LogP contribution >= 0.6 is 11.3 Å². The number of nitrogens with zero attached hydrogens (tertiary/aromatic N) is 1. The van der Waals surface area contributed by atoms with E-state index in [-0.39, 0.29) is 28.5 Å². The number of nitrogens with one attached hydrogen (secondary N) is 2. The molecule has 0 aromatic carbocycles. The number of ether oxygens (including phenoxy) is 1. The summed E-state index contributed by atoms with van der Waals surface area (Å²) in [5.74, 6) is -0.241. The number of amides is 1. The van der Waals surface area contributed by atoms with E-state index in [2.05, 4.69) is 10.3 Å². The molecule has 1 fully saturated rings. The first-order valence-electron chi connectivity index (χ1n) is 8.63. The number of ketones is 1. The molecule has 0 radical (unpaired) electrons. The second kappa shape index (κ2) is 7.97. The van der Waals surface area contributed by atoms with Crippen LogP contribution in [-0.4, -0.2) is 35.1 Å². The molecule has 3 aromatic heterocycles. The largest absolute Gasteiger partial charge is 0.463 e. The normalized spacial score (nSPS) is 14.8. The zero-order valence-corrected chi connectivity index (χ0v) is 15.5. The Bertz CT molecular complexity index is 972. The van der Waals surface area contributed by atoms with Gasteiger partial charge in [0.15, 0.2) is 22.4 Å². The van der Waals surface area contributed by atoms with Gasteiger partial charge in [-0.1, -0.05) is 11.3 Å². The van der Waals surface area contributed by atoms with Crippen molar-refractivity contribution >= 4 is 34.0 Å². The first-order chi connectivity index (χ1) is 13.7. The summed E-state index contributed by atoms with van der Waals surface area (Å²) in [6.45, 7) is 1.10. The van der Waals surface area contributed by atoms with Crippen LogP contribution in [0.25, 0.3) is 11.5 Å². The molecule has 1 saturated heterocycles. The molecule has 0 aliphatic carbocycles. The van der Waals surface area contributed by atoms with Gasteiger partial charge in [-0.15, -0.1) is 0 Å². The van der Waals surface area contributed by atoms with Crippen molar-refractivity contribution in [3.05, 3.63) is 41.2 Å². The van der Waals surface area contributed by atoms with E-state index in [4.69, 9.17) is 18.8 Å². The van der Waals surface area contributed by atoms with Gasteiger partial charge in [0, 0.05) is 25.2 Å². The average Bonchev–Trinajstić information content (AvgIpc) is 3.47. The number of hydrogen-bond donors (Lipinski definition) is 3. The Kier molecular flexibility index (Phi) is 5.24. The second-order valence-corrected chi connectivity index (χ2v) is 7.15. The Morgan fingerprint density at radius 3 is 2.71 bits per heavy atom. The van der Waals surface area contributed by atoms with Crippen molar-refractivity contribution in [1.82, 2.24) is 4.98 Å². The molecule has 10 heteroatoms. The number of carbonyl (C=O) groups is 2. The summed E-state index contributed by atoms with van der Waals surface area (Å²) in [7, 11) is 0. The zero-order valence-electron chi connectivity index (χ0n) is 14.6. The minimum Gasteiger partial charge on any atom is -0.463 e. The van der Waals surface area contributed by atoms with Gasteiger partial charge in [0.25, 0.3) is 5.91 Å². The summed E-state index contributed by atoms with van der Waals surface area (Å²) in [4.78, 5) is 30.2. The summed E-state index contributed by atoms with van der Waals surface area (Å²) >= 11 is 1.09. The van der Waals surface area contributed by atoms with E-state index in [1.54, 1.807) is 12.1 Å². The third-order valence-electron chi connectivity index (χ3n) is 4.36. The summed E-state index contributed by atoms with van der Waals surface area (Å²) < 4.78 is 15.9. The molecule has 4 heterocycles. The van der Waals surface area contributed by atoms with Crippen molar-refractivity contribution in [3.8, 4) is 11.5 Å². The first-order valence-corrected chi connectivity index (χ1v) is 9.45. The van der Waals surface area contributed by atoms with Gasteiger partial charge in [-0.3, -0.25) is 20.1 Å². The number of furan rings is 2. The molecule has 3 N–H and O–H groups in total. The van der Waals surface area contributed by atoms with Crippen molar-refractivity contribution in [2.45, 2.75) is 12.8 Å². The summed E-state index contributed by atoms with van der Waals surface area (Å²) in [5, 5.41) is 11.7. The van der Waals surface area contributed by atoms with Gasteiger partial charge in [0.05, 0.1) is 6.26 Å². The molecule has 0 atom stereocenters. The Morgan fingerprint density at radius 1 is 1.21 bits per heavy atom. The number of carbonyl (C=O) groups excluding carboxylic acids is 2. The molecule has 0 saturated carbocycles. The number of aromatic nitrogens is 1. The van der Waals surface area contributed by atoms with Crippen LogP contribution < -0.4 is 10.8 Å². The van der Waals surface area contributed by atoms with Gasteiger partial charge in [0.2, 0.25) is 5.88 Å². The SMILES string of the molecule is O=C(Nc1nc(-c2ccco2)c(C(=O)C2CCOCC2)s1)c1ccc(NO)o1. The lowest BCUT2D eigenvalue weighted by molar-refractivity contribution is 0.0547. The molecule has 9 nitrogen and oxygen atoms in total. The van der Waals surface area contributed by atoms with Crippen molar-refractivity contribution in [2.24, 2.45) is 5.92 Å². The molecule has 0 bridgehead atoms. The first kappa shape index (κ1) is 18.4. The van der Waals surface area contributed by atoms with E-state index < -0.39 is 5.91 Å². The molecule has 1 aliphatic heterocycles. The third-order valence-corrected chi connectivity index (χ3v) is 5.34. The number of anilines is 2. The Balaban J connectivity index is 1.61. The highest BCUT2D eigenvalue weighted by Gasteiger charge is 2.29. The quantitative estimate of drug-likeness (QED) is 0.420. The van der Waals surface area contributed by atoms with Crippen molar-refractivity contribution in [2.75, 3.05) is 24.0 Å². The minimum absolute atomic E-state index is 0.0106. The van der Waals surface area contributed by atoms with Crippen LogP contribution in [0.3, 0.4) is 0 Å². The number of hydrogen-bond acceptors (Lipinski definition) is 9. The van der Waals surface area contributed by atoms with Gasteiger partial charge in [-0.25, -0.2) is 10.5 Å². The monoisotopic (exact) mass is 403 g/mol. The van der Waals surface area contributed by atoms with Crippen molar-refractivity contribution in [3.63, 3.8) is 0 Å². The van der Waals surface area contributed by atoms with Gasteiger partial charge >= 0.3 is 0 Å². The number of Topliss-reactive ketones (excluding diaryl/α,β-unsaturated/α-hetero) is 1. The molecule has 4 rings (SSSR count). The predicted octanol–water partition coefficient (Wildman–Crippen LogP) is 3.66. The molecule has 28 heavy (non-hydrogen) atoms. The minimum atomic E-state index is -0.550. The maximum absolute atomic E-state index is 13.0. The zero-order chi connectivity index (χ0) is 19.5. The molecular formula is C18H17N3O6S. The van der Waals surface area contributed by atoms with Gasteiger partial charge < -0.3 is 13.6 Å². The van der Waals surface area contributed by atoms with Crippen LogP contribution in [0.4, 0.5) is 11.0 Å². The topological polar surface area (TPSA) is 127 Å². The van der Waals surface area contributed by atoms with Crippen LogP contribution in [0.2, 0.25) is 0 Å². The smallest absolute Gasteiger partial charge is 0.293 e. The van der Waals surface area contributed by atoms with E-state index in [0.29, 0.717) is 42.4 Å². The molecule has 0 unspecified atom stereocenters. The highest BCUT2D eigenvalue weighted by Crippen LogP contribution is 2.35. The average molecular weight is 403 g/mol. The maximum Gasteiger partial charge on any atom is 0.293 e. The van der Waals surface area contributed by atoms with Crippen LogP contribution in [0.5, 0.6) is 0 Å². The molecule has 0 spiro atoms. The lowest BCUT2D eigenvalue weighted by Crippen LogP contribution is -2.23. The van der Waals surface area contributed by atoms with Crippen LogP contribution in [-0.2, 0) is 4.74 Å². The van der Waals surface area contributed by atoms with Gasteiger partial charge in [-0.05, 0) is 31.0 Å². The Labute approximate surface area is 163 Å². The number of thiazole rings is 1. The highest BCUT2D eigenvalue weighted by atomic mass is 32.1. The number of rotatable bonds is 6. The van der Waals surface area contributed by atoms with Gasteiger partial charge in [-0.2, -0.15) is 0 Å². The Morgan fingerprint density at radius 2 is 2.04 bits per heavy atom. The van der Waals surface area contributed by atoms with E-state index in [0.717, 1.165) is 11.3 Å². The molecule has 1 amide bonds. The maximum atomic E-state index is 13.0. The van der Waals surface area contributed by atoms with E-state index in [1.165, 1.54) is 18.4 Å². The third kappa shape index (κ3) is 3.70. The second-order valence-electron chi connectivity index (χ2n) is 6.15. The summed E-state index contributed by atoms with van der Waals surface area (Å²) in [5.41, 5.74) is 2.22. The predicted molar refractivity (Wildman–Crippen MR) is 99.8 cm³/mol. The van der Waals surface area contributed by atoms with E-state index in [9.17, 15) is 9.59 Å². The van der Waals surface area contributed by atoms with Gasteiger partial charge in [0.1, 0.15) is 10.6 Å². The summed E-state index contributed by atoms with van der Waals surface area (Å²) in [6.07, 6.45) is 2.81. The molecule has 1 aliphatic rings. The van der Waals surface area contributed by atoms with Crippen LogP contribution in [0.15, 0.2) is 39.4 Å². The van der Waals surface area contributed by atoms with Crippen LogP contribution in [0, 0.1) is 5.92 Å². The highest BCUT2D eigenvalue weighted by molar-refractivity contribution is 7.18. The Hall–Kier alpha value is -2.95. The van der Waals surface area contributed by atoms with Crippen molar-refractivity contribution < 1.29 is 28.4 Å². The standard InChI is InChI=1S/C18H17N3O6S/c22-15(10-5-8-25-9-6-10)16-14(11-2-1-7-26-11)19-18(28-16)20-17(23)12-3-4-13(21-24)27-12/h1-4,7,10,21,24H,5-6,8-9H2,(H,19,20,23).